The normalized spacial score (nSPS) is 10.2. The molecule has 0 saturated heterocycles. The van der Waals surface area contributed by atoms with Crippen molar-refractivity contribution in [1.29, 1.82) is 5.26 Å². The Morgan fingerprint density at radius 3 is 2.96 bits per heavy atom. The van der Waals surface area contributed by atoms with E-state index in [1.54, 1.807) is 32.3 Å². The lowest BCUT2D eigenvalue weighted by Gasteiger charge is -2.15. The minimum absolute atomic E-state index is 0.223. The van der Waals surface area contributed by atoms with Crippen LogP contribution in [0.1, 0.15) is 28.2 Å². The van der Waals surface area contributed by atoms with E-state index in [-0.39, 0.29) is 31.0 Å². The number of hydrogen-bond acceptors (Lipinski definition) is 8. The standard InChI is InChI=1S/C17H18N4O4S/c1-12-9-13(20-25-12)11-26-16-14(5-3-7-19-16)17(23)24-10-15(22)21(2)8-4-6-18/h3,5,7,9H,4,8,10-11H2,1-2H3. The highest BCUT2D eigenvalue weighted by Gasteiger charge is 2.17. The molecule has 0 spiro atoms. The van der Waals surface area contributed by atoms with Gasteiger partial charge in [0.25, 0.3) is 5.91 Å². The third-order valence-corrected chi connectivity index (χ3v) is 4.37. The highest BCUT2D eigenvalue weighted by atomic mass is 32.2. The molecule has 0 aliphatic carbocycles. The number of likely N-dealkylation sites (N-methyl/N-ethyl adjacent to an activating group) is 1. The number of nitriles is 1. The van der Waals surface area contributed by atoms with Crippen molar-refractivity contribution in [2.45, 2.75) is 24.1 Å². The molecule has 0 aromatic carbocycles. The van der Waals surface area contributed by atoms with Gasteiger partial charge >= 0.3 is 5.97 Å². The molecular formula is C17H18N4O4S. The van der Waals surface area contributed by atoms with Gasteiger partial charge in [0.15, 0.2) is 6.61 Å². The van der Waals surface area contributed by atoms with Gasteiger partial charge in [0.2, 0.25) is 0 Å². The second-order valence-corrected chi connectivity index (χ2v) is 6.34. The van der Waals surface area contributed by atoms with Crippen molar-refractivity contribution >= 4 is 23.6 Å². The summed E-state index contributed by atoms with van der Waals surface area (Å²) < 4.78 is 10.1. The summed E-state index contributed by atoms with van der Waals surface area (Å²) in [7, 11) is 1.55. The summed E-state index contributed by atoms with van der Waals surface area (Å²) in [4.78, 5) is 29.7. The molecule has 0 atom stereocenters. The Morgan fingerprint density at radius 2 is 2.27 bits per heavy atom. The van der Waals surface area contributed by atoms with Crippen LogP contribution < -0.4 is 0 Å². The lowest BCUT2D eigenvalue weighted by Crippen LogP contribution is -2.32. The van der Waals surface area contributed by atoms with Crippen LogP contribution >= 0.6 is 11.8 Å². The highest BCUT2D eigenvalue weighted by molar-refractivity contribution is 7.98. The molecule has 8 nitrogen and oxygen atoms in total. The predicted molar refractivity (Wildman–Crippen MR) is 93.2 cm³/mol. The maximum absolute atomic E-state index is 12.3. The number of esters is 1. The van der Waals surface area contributed by atoms with E-state index in [4.69, 9.17) is 14.5 Å². The van der Waals surface area contributed by atoms with Gasteiger partial charge in [-0.3, -0.25) is 4.79 Å². The van der Waals surface area contributed by atoms with Crippen LogP contribution in [0, 0.1) is 18.3 Å². The molecule has 0 unspecified atom stereocenters. The summed E-state index contributed by atoms with van der Waals surface area (Å²) in [6.45, 7) is 1.70. The number of aryl methyl sites for hydroxylation is 1. The number of carbonyl (C=O) groups excluding carboxylic acids is 2. The van der Waals surface area contributed by atoms with Crippen LogP contribution in [-0.4, -0.2) is 47.1 Å². The van der Waals surface area contributed by atoms with Crippen LogP contribution in [-0.2, 0) is 15.3 Å². The van der Waals surface area contributed by atoms with E-state index in [1.807, 2.05) is 12.1 Å². The Labute approximate surface area is 155 Å². The van der Waals surface area contributed by atoms with Crippen molar-refractivity contribution in [3.05, 3.63) is 41.4 Å². The zero-order chi connectivity index (χ0) is 18.9. The Hall–Kier alpha value is -2.86. The van der Waals surface area contributed by atoms with Crippen LogP contribution in [0.4, 0.5) is 0 Å². The van der Waals surface area contributed by atoms with Gasteiger partial charge in [-0.2, -0.15) is 5.26 Å². The van der Waals surface area contributed by atoms with Crippen molar-refractivity contribution in [2.24, 2.45) is 0 Å². The molecule has 136 valence electrons. The number of nitrogens with zero attached hydrogens (tertiary/aromatic N) is 4. The molecule has 1 amide bonds. The maximum Gasteiger partial charge on any atom is 0.341 e. The minimum atomic E-state index is -0.626. The Morgan fingerprint density at radius 1 is 1.46 bits per heavy atom. The van der Waals surface area contributed by atoms with Gasteiger partial charge in [-0.15, -0.1) is 0 Å². The number of carbonyl (C=O) groups is 2. The van der Waals surface area contributed by atoms with Crippen molar-refractivity contribution in [2.75, 3.05) is 20.2 Å². The van der Waals surface area contributed by atoms with Crippen LogP contribution in [0.5, 0.6) is 0 Å². The largest absolute Gasteiger partial charge is 0.452 e. The number of ether oxygens (including phenoxy) is 1. The first kappa shape index (κ1) is 19.5. The van der Waals surface area contributed by atoms with Crippen molar-refractivity contribution in [1.82, 2.24) is 15.0 Å². The number of thioether (sulfide) groups is 1. The molecule has 0 N–H and O–H groups in total. The highest BCUT2D eigenvalue weighted by Crippen LogP contribution is 2.24. The van der Waals surface area contributed by atoms with Crippen LogP contribution in [0.15, 0.2) is 33.9 Å². The third-order valence-electron chi connectivity index (χ3n) is 3.34. The average molecular weight is 374 g/mol. The zero-order valence-electron chi connectivity index (χ0n) is 14.5. The molecule has 0 aliphatic rings. The molecule has 0 bridgehead atoms. The summed E-state index contributed by atoms with van der Waals surface area (Å²) in [5.74, 6) is 0.203. The second-order valence-electron chi connectivity index (χ2n) is 5.37. The van der Waals surface area contributed by atoms with E-state index in [0.717, 1.165) is 5.69 Å². The number of rotatable bonds is 8. The molecule has 9 heteroatoms. The SMILES string of the molecule is Cc1cc(CSc2ncccc2C(=O)OCC(=O)N(C)CCC#N)no1. The fourth-order valence-corrected chi connectivity index (χ4v) is 2.81. The van der Waals surface area contributed by atoms with Gasteiger partial charge in [-0.25, -0.2) is 9.78 Å². The van der Waals surface area contributed by atoms with Crippen molar-refractivity contribution in [3.8, 4) is 6.07 Å². The molecule has 0 fully saturated rings. The molecule has 26 heavy (non-hydrogen) atoms. The number of aromatic nitrogens is 2. The molecule has 2 heterocycles. The smallest absolute Gasteiger partial charge is 0.341 e. The first-order chi connectivity index (χ1) is 12.5. The average Bonchev–Trinajstić information content (AvgIpc) is 3.07. The molecule has 2 aromatic heterocycles. The van der Waals surface area contributed by atoms with E-state index in [1.165, 1.54) is 16.7 Å². The molecular weight excluding hydrogens is 356 g/mol. The van der Waals surface area contributed by atoms with Gasteiger partial charge in [0.05, 0.1) is 23.7 Å². The fourth-order valence-electron chi connectivity index (χ4n) is 1.95. The summed E-state index contributed by atoms with van der Waals surface area (Å²) in [5, 5.41) is 12.9. The molecule has 0 radical (unpaired) electrons. The molecule has 0 aliphatic heterocycles. The summed E-state index contributed by atoms with van der Waals surface area (Å²) >= 11 is 1.33. The maximum atomic E-state index is 12.3. The quantitative estimate of drug-likeness (QED) is 0.511. The number of pyridine rings is 1. The van der Waals surface area contributed by atoms with E-state index < -0.39 is 5.97 Å². The first-order valence-corrected chi connectivity index (χ1v) is 8.78. The van der Waals surface area contributed by atoms with Gasteiger partial charge < -0.3 is 14.2 Å². The van der Waals surface area contributed by atoms with Gasteiger partial charge in [0.1, 0.15) is 10.8 Å². The second kappa shape index (κ2) is 9.58. The minimum Gasteiger partial charge on any atom is -0.452 e. The van der Waals surface area contributed by atoms with Crippen molar-refractivity contribution in [3.63, 3.8) is 0 Å². The van der Waals surface area contributed by atoms with Crippen LogP contribution in [0.3, 0.4) is 0 Å². The fraction of sp³-hybridized carbons (Fsp3) is 0.353. The van der Waals surface area contributed by atoms with Crippen molar-refractivity contribution < 1.29 is 18.8 Å². The third kappa shape index (κ3) is 5.60. The van der Waals surface area contributed by atoms with Crippen LogP contribution in [0.25, 0.3) is 0 Å². The topological polar surface area (TPSA) is 109 Å². The Kier molecular flexibility index (Phi) is 7.17. The van der Waals surface area contributed by atoms with Gasteiger partial charge in [-0.05, 0) is 19.1 Å². The summed E-state index contributed by atoms with van der Waals surface area (Å²) in [6, 6.07) is 6.99. The molecule has 2 rings (SSSR count). The number of amides is 1. The van der Waals surface area contributed by atoms with Crippen LogP contribution in [0.2, 0.25) is 0 Å². The number of hydrogen-bond donors (Lipinski definition) is 0. The molecule has 0 saturated carbocycles. The van der Waals surface area contributed by atoms with Gasteiger partial charge in [-0.1, -0.05) is 16.9 Å². The van der Waals surface area contributed by atoms with E-state index >= 15 is 0 Å². The van der Waals surface area contributed by atoms with Gasteiger partial charge in [0, 0.05) is 31.6 Å². The zero-order valence-corrected chi connectivity index (χ0v) is 15.3. The van der Waals surface area contributed by atoms with E-state index in [2.05, 4.69) is 10.1 Å². The monoisotopic (exact) mass is 374 g/mol. The lowest BCUT2D eigenvalue weighted by molar-refractivity contribution is -0.133. The molecule has 2 aromatic rings. The lowest BCUT2D eigenvalue weighted by atomic mass is 10.3. The Bertz CT molecular complexity index is 815. The Balaban J connectivity index is 1.94. The predicted octanol–water partition coefficient (Wildman–Crippen LogP) is 2.20. The van der Waals surface area contributed by atoms with E-state index in [0.29, 0.717) is 16.5 Å². The summed E-state index contributed by atoms with van der Waals surface area (Å²) in [5.41, 5.74) is 1.02. The first-order valence-electron chi connectivity index (χ1n) is 7.79. The van der Waals surface area contributed by atoms with E-state index in [9.17, 15) is 9.59 Å². The summed E-state index contributed by atoms with van der Waals surface area (Å²) in [6.07, 6.45) is 1.80.